The molecule has 1 aliphatic heterocycles. The van der Waals surface area contributed by atoms with Gasteiger partial charge in [0.05, 0.1) is 12.6 Å². The van der Waals surface area contributed by atoms with Gasteiger partial charge in [0.2, 0.25) is 11.1 Å². The summed E-state index contributed by atoms with van der Waals surface area (Å²) in [5, 5.41) is 28.1. The third-order valence-corrected chi connectivity index (χ3v) is 6.46. The minimum atomic E-state index is -0.243. The van der Waals surface area contributed by atoms with Crippen molar-refractivity contribution in [2.24, 2.45) is 0 Å². The summed E-state index contributed by atoms with van der Waals surface area (Å²) in [4.78, 5) is 20.1. The van der Waals surface area contributed by atoms with E-state index in [0.717, 1.165) is 34.9 Å². The number of nitrogens with one attached hydrogen (secondary N) is 3. The molecule has 0 unspecified atom stereocenters. The average molecular weight is 479 g/mol. The number of amides is 1. The molecule has 0 atom stereocenters. The number of piperidine rings is 1. The van der Waals surface area contributed by atoms with E-state index in [0.29, 0.717) is 36.2 Å². The quantitative estimate of drug-likeness (QED) is 0.320. The van der Waals surface area contributed by atoms with Gasteiger partial charge in [-0.1, -0.05) is 0 Å². The molecule has 34 heavy (non-hydrogen) atoms. The number of fused-ring (bicyclic) bond motifs is 1. The number of benzene rings is 1. The van der Waals surface area contributed by atoms with Crippen LogP contribution in [0.5, 0.6) is 0 Å². The van der Waals surface area contributed by atoms with Crippen molar-refractivity contribution >= 4 is 40.5 Å². The highest BCUT2D eigenvalue weighted by atomic mass is 32.2. The number of aromatic amines is 1. The third-order valence-electron chi connectivity index (χ3n) is 5.60. The summed E-state index contributed by atoms with van der Waals surface area (Å²) in [7, 11) is 0. The summed E-state index contributed by atoms with van der Waals surface area (Å²) in [6.45, 7) is 3.76. The second-order valence-electron chi connectivity index (χ2n) is 8.32. The van der Waals surface area contributed by atoms with E-state index in [9.17, 15) is 9.90 Å². The first-order chi connectivity index (χ1) is 16.5. The lowest BCUT2D eigenvalue weighted by Gasteiger charge is -2.28. The fraction of sp³-hybridized carbons (Fsp3) is 0.304. The van der Waals surface area contributed by atoms with E-state index in [1.54, 1.807) is 4.52 Å². The Morgan fingerprint density at radius 2 is 2.03 bits per heavy atom. The van der Waals surface area contributed by atoms with Crippen LogP contribution in [0.2, 0.25) is 0 Å². The number of carbonyl (C=O) groups is 1. The maximum Gasteiger partial charge on any atom is 0.238 e. The number of carbonyl (C=O) groups excluding carboxylic acids is 1. The molecule has 1 aromatic carbocycles. The van der Waals surface area contributed by atoms with Gasteiger partial charge in [0, 0.05) is 41.6 Å². The second-order valence-corrected chi connectivity index (χ2v) is 9.36. The lowest BCUT2D eigenvalue weighted by atomic mass is 10.1. The van der Waals surface area contributed by atoms with Gasteiger partial charge in [0.15, 0.2) is 11.6 Å². The lowest BCUT2D eigenvalue weighted by molar-refractivity contribution is -0.117. The molecule has 0 bridgehead atoms. The Labute approximate surface area is 200 Å². The van der Waals surface area contributed by atoms with E-state index in [-0.39, 0.29) is 12.0 Å². The van der Waals surface area contributed by atoms with Gasteiger partial charge in [-0.15, -0.1) is 5.10 Å². The number of aliphatic hydroxyl groups is 1. The van der Waals surface area contributed by atoms with Gasteiger partial charge >= 0.3 is 0 Å². The summed E-state index contributed by atoms with van der Waals surface area (Å²) in [5.41, 5.74) is 2.55. The van der Waals surface area contributed by atoms with Crippen molar-refractivity contribution in [3.05, 3.63) is 54.4 Å². The maximum absolute atomic E-state index is 12.4. The molecule has 0 radical (unpaired) electrons. The Kier molecular flexibility index (Phi) is 6.48. The Morgan fingerprint density at radius 3 is 2.76 bits per heavy atom. The van der Waals surface area contributed by atoms with Gasteiger partial charge in [-0.2, -0.15) is 5.10 Å². The smallest absolute Gasteiger partial charge is 0.238 e. The number of anilines is 3. The number of hydrogen-bond acceptors (Lipinski definition) is 8. The molecular formula is C23H26N8O2S. The number of H-pyrrole nitrogens is 1. The predicted molar refractivity (Wildman–Crippen MR) is 130 cm³/mol. The minimum Gasteiger partial charge on any atom is -0.393 e. The first-order valence-electron chi connectivity index (χ1n) is 11.1. The first-order valence-corrected chi connectivity index (χ1v) is 12.0. The number of aryl methyl sites for hydroxylation is 1. The third kappa shape index (κ3) is 5.38. The van der Waals surface area contributed by atoms with Crippen LogP contribution in [-0.4, -0.2) is 66.4 Å². The molecule has 4 aromatic rings. The van der Waals surface area contributed by atoms with Crippen molar-refractivity contribution in [3.8, 4) is 0 Å². The van der Waals surface area contributed by atoms with Gasteiger partial charge < -0.3 is 15.7 Å². The van der Waals surface area contributed by atoms with Crippen LogP contribution in [0, 0.1) is 6.92 Å². The molecule has 10 nitrogen and oxygen atoms in total. The monoisotopic (exact) mass is 478 g/mol. The van der Waals surface area contributed by atoms with Crippen molar-refractivity contribution in [1.82, 2.24) is 29.7 Å². The number of rotatable bonds is 7. The fourth-order valence-electron chi connectivity index (χ4n) is 3.85. The zero-order valence-corrected chi connectivity index (χ0v) is 19.5. The van der Waals surface area contributed by atoms with Crippen LogP contribution in [0.1, 0.15) is 18.5 Å². The summed E-state index contributed by atoms with van der Waals surface area (Å²) in [5.74, 6) is 1.31. The van der Waals surface area contributed by atoms with Gasteiger partial charge in [0.25, 0.3) is 0 Å². The number of aliphatic hydroxyl groups excluding tert-OH is 1. The second kappa shape index (κ2) is 9.84. The van der Waals surface area contributed by atoms with E-state index in [4.69, 9.17) is 0 Å². The van der Waals surface area contributed by atoms with Crippen molar-refractivity contribution < 1.29 is 9.90 Å². The molecule has 11 heteroatoms. The maximum atomic E-state index is 12.4. The van der Waals surface area contributed by atoms with E-state index in [1.165, 1.54) is 11.8 Å². The Hall–Kier alpha value is -3.41. The summed E-state index contributed by atoms with van der Waals surface area (Å²) < 4.78 is 1.78. The van der Waals surface area contributed by atoms with Crippen LogP contribution < -0.4 is 10.6 Å². The van der Waals surface area contributed by atoms with E-state index >= 15 is 0 Å². The van der Waals surface area contributed by atoms with Crippen LogP contribution in [0.25, 0.3) is 5.52 Å². The van der Waals surface area contributed by atoms with Gasteiger partial charge in [0.1, 0.15) is 5.52 Å². The molecule has 1 saturated heterocycles. The standard InChI is InChI=1S/C23H26N8O2S/c1-15-13-20(28-27-15)25-22-19-3-2-10-31(19)29-23(26-22)34-18-6-4-16(5-7-18)24-21(33)14-30-11-8-17(32)9-12-30/h2-7,10,13,17,32H,8-9,11-12,14H2,1H3,(H,24,33)(H2,25,26,27,28,29). The molecule has 5 rings (SSSR count). The molecular weight excluding hydrogens is 452 g/mol. The molecule has 4 N–H and O–H groups in total. The molecule has 0 saturated carbocycles. The Balaban J connectivity index is 1.24. The molecule has 1 amide bonds. The zero-order chi connectivity index (χ0) is 23.5. The summed E-state index contributed by atoms with van der Waals surface area (Å²) in [6, 6.07) is 13.4. The highest BCUT2D eigenvalue weighted by molar-refractivity contribution is 7.99. The molecule has 176 valence electrons. The molecule has 1 fully saturated rings. The van der Waals surface area contributed by atoms with E-state index in [1.807, 2.05) is 55.6 Å². The molecule has 0 aliphatic carbocycles. The van der Waals surface area contributed by atoms with E-state index in [2.05, 4.69) is 35.8 Å². The van der Waals surface area contributed by atoms with Crippen molar-refractivity contribution in [2.75, 3.05) is 30.3 Å². The normalized spacial score (nSPS) is 15.0. The summed E-state index contributed by atoms with van der Waals surface area (Å²) >= 11 is 1.44. The average Bonchev–Trinajstić information content (AvgIpc) is 3.45. The number of nitrogens with zero attached hydrogens (tertiary/aromatic N) is 5. The predicted octanol–water partition coefficient (Wildman–Crippen LogP) is 3.05. The molecule has 4 heterocycles. The zero-order valence-electron chi connectivity index (χ0n) is 18.7. The largest absolute Gasteiger partial charge is 0.393 e. The highest BCUT2D eigenvalue weighted by Gasteiger charge is 2.19. The summed E-state index contributed by atoms with van der Waals surface area (Å²) in [6.07, 6.45) is 3.07. The first kappa shape index (κ1) is 22.4. The van der Waals surface area contributed by atoms with Crippen LogP contribution in [0.15, 0.2) is 58.7 Å². The number of hydrogen-bond donors (Lipinski definition) is 4. The topological polar surface area (TPSA) is 123 Å². The van der Waals surface area contributed by atoms with Gasteiger partial charge in [-0.25, -0.2) is 9.50 Å². The molecule has 0 spiro atoms. The van der Waals surface area contributed by atoms with Crippen molar-refractivity contribution in [3.63, 3.8) is 0 Å². The molecule has 3 aromatic heterocycles. The number of aromatic nitrogens is 5. The molecule has 1 aliphatic rings. The Morgan fingerprint density at radius 1 is 1.24 bits per heavy atom. The van der Waals surface area contributed by atoms with Crippen LogP contribution in [0.4, 0.5) is 17.3 Å². The van der Waals surface area contributed by atoms with Crippen LogP contribution >= 0.6 is 11.8 Å². The number of likely N-dealkylation sites (tertiary alicyclic amines) is 1. The minimum absolute atomic E-state index is 0.0532. The van der Waals surface area contributed by atoms with Crippen LogP contribution in [0.3, 0.4) is 0 Å². The van der Waals surface area contributed by atoms with Gasteiger partial charge in [-0.3, -0.25) is 14.8 Å². The van der Waals surface area contributed by atoms with Gasteiger partial charge in [-0.05, 0) is 67.9 Å². The van der Waals surface area contributed by atoms with Crippen LogP contribution in [-0.2, 0) is 4.79 Å². The lowest BCUT2D eigenvalue weighted by Crippen LogP contribution is -2.40. The van der Waals surface area contributed by atoms with Crippen molar-refractivity contribution in [1.29, 1.82) is 0 Å². The SMILES string of the molecule is Cc1cc(Nc2nc(Sc3ccc(NC(=O)CN4CCC(O)CC4)cc3)nn3cccc23)n[nH]1. The van der Waals surface area contributed by atoms with Crippen molar-refractivity contribution in [2.45, 2.75) is 35.9 Å². The fourth-order valence-corrected chi connectivity index (χ4v) is 4.59. The van der Waals surface area contributed by atoms with E-state index < -0.39 is 0 Å². The Bertz CT molecular complexity index is 1280. The highest BCUT2D eigenvalue weighted by Crippen LogP contribution is 2.29.